The lowest BCUT2D eigenvalue weighted by atomic mass is 10.0. The van der Waals surface area contributed by atoms with Gasteiger partial charge in [0.1, 0.15) is 0 Å². The summed E-state index contributed by atoms with van der Waals surface area (Å²) in [4.78, 5) is 0. The molecule has 0 fully saturated rings. The van der Waals surface area contributed by atoms with Crippen LogP contribution in [0.5, 0.6) is 0 Å². The van der Waals surface area contributed by atoms with E-state index in [-0.39, 0.29) is 6.61 Å². The van der Waals surface area contributed by atoms with Gasteiger partial charge in [-0.25, -0.2) is 5.11 Å². The van der Waals surface area contributed by atoms with Gasteiger partial charge in [-0.3, -0.25) is 0 Å². The fourth-order valence-electron chi connectivity index (χ4n) is 1.93. The first-order valence-corrected chi connectivity index (χ1v) is 5.46. The molecule has 2 aromatic rings. The van der Waals surface area contributed by atoms with Crippen LogP contribution in [0, 0.1) is 0 Å². The van der Waals surface area contributed by atoms with Crippen molar-refractivity contribution in [2.45, 2.75) is 19.3 Å². The van der Waals surface area contributed by atoms with Crippen LogP contribution in [0.2, 0.25) is 0 Å². The molecule has 0 aliphatic carbocycles. The molecule has 1 heteroatoms. The molecule has 0 saturated carbocycles. The molecule has 0 aromatic heterocycles. The number of aryl methyl sites for hydroxylation is 1. The zero-order chi connectivity index (χ0) is 10.5. The Morgan fingerprint density at radius 1 is 0.867 bits per heavy atom. The predicted molar refractivity (Wildman–Crippen MR) is 62.4 cm³/mol. The molecule has 0 heterocycles. The Hall–Kier alpha value is -1.34. The molecule has 0 bridgehead atoms. The van der Waals surface area contributed by atoms with E-state index < -0.39 is 0 Å². The summed E-state index contributed by atoms with van der Waals surface area (Å²) in [5, 5.41) is 13.0. The van der Waals surface area contributed by atoms with Gasteiger partial charge < -0.3 is 0 Å². The van der Waals surface area contributed by atoms with Crippen LogP contribution >= 0.6 is 0 Å². The molecule has 0 amide bonds. The first-order chi connectivity index (χ1) is 7.42. The minimum atomic E-state index is 0.0464. The van der Waals surface area contributed by atoms with Crippen LogP contribution < -0.4 is 0 Å². The maximum Gasteiger partial charge on any atom is 0.0822 e. The van der Waals surface area contributed by atoms with E-state index in [4.69, 9.17) is 0 Å². The van der Waals surface area contributed by atoms with Crippen molar-refractivity contribution in [1.82, 2.24) is 0 Å². The third kappa shape index (κ3) is 2.37. The molecule has 1 nitrogen and oxygen atoms in total. The Labute approximate surface area is 90.4 Å². The Balaban J connectivity index is 2.26. The molecule has 77 valence electrons. The molecule has 2 aromatic carbocycles. The zero-order valence-corrected chi connectivity index (χ0v) is 8.78. The third-order valence-corrected chi connectivity index (χ3v) is 2.72. The molecule has 0 unspecified atom stereocenters. The summed E-state index contributed by atoms with van der Waals surface area (Å²) in [6, 6.07) is 14.8. The monoisotopic (exact) mass is 199 g/mol. The lowest BCUT2D eigenvalue weighted by molar-refractivity contribution is 0.187. The second-order valence-electron chi connectivity index (χ2n) is 3.80. The number of hydrogen-bond acceptors (Lipinski definition) is 0. The maximum atomic E-state index is 10.4. The average Bonchev–Trinajstić information content (AvgIpc) is 2.30. The van der Waals surface area contributed by atoms with Crippen LogP contribution in [0.4, 0.5) is 0 Å². The molecule has 0 spiro atoms. The van der Waals surface area contributed by atoms with Gasteiger partial charge in [0, 0.05) is 0 Å². The highest BCUT2D eigenvalue weighted by molar-refractivity contribution is 5.85. The van der Waals surface area contributed by atoms with E-state index in [0.717, 1.165) is 19.3 Å². The van der Waals surface area contributed by atoms with Gasteiger partial charge in [0.25, 0.3) is 0 Å². The highest BCUT2D eigenvalue weighted by Gasteiger charge is 1.99. The molecule has 0 atom stereocenters. The Morgan fingerprint density at radius 2 is 1.67 bits per heavy atom. The summed E-state index contributed by atoms with van der Waals surface area (Å²) in [5.74, 6) is 0. The first kappa shape index (κ1) is 10.2. The van der Waals surface area contributed by atoms with E-state index in [1.54, 1.807) is 0 Å². The van der Waals surface area contributed by atoms with Crippen molar-refractivity contribution in [1.29, 1.82) is 0 Å². The van der Waals surface area contributed by atoms with E-state index >= 15 is 0 Å². The van der Waals surface area contributed by atoms with Crippen LogP contribution in [0.3, 0.4) is 0 Å². The van der Waals surface area contributed by atoms with Crippen molar-refractivity contribution in [3.63, 3.8) is 0 Å². The van der Waals surface area contributed by atoms with Crippen molar-refractivity contribution in [3.8, 4) is 0 Å². The summed E-state index contributed by atoms with van der Waals surface area (Å²) in [6.07, 6.45) is 2.80. The van der Waals surface area contributed by atoms with Crippen molar-refractivity contribution in [2.75, 3.05) is 6.61 Å². The van der Waals surface area contributed by atoms with Gasteiger partial charge in [0.05, 0.1) is 6.61 Å². The number of hydrogen-bond donors (Lipinski definition) is 0. The lowest BCUT2D eigenvalue weighted by Gasteiger charge is -2.05. The number of rotatable bonds is 4. The molecule has 0 aliphatic rings. The SMILES string of the molecule is [O]CCCCc1cccc2ccccc12. The Morgan fingerprint density at radius 3 is 2.53 bits per heavy atom. The molecule has 0 N–H and O–H groups in total. The molecule has 1 radical (unpaired) electrons. The normalized spacial score (nSPS) is 10.7. The average molecular weight is 199 g/mol. The first-order valence-electron chi connectivity index (χ1n) is 5.46. The lowest BCUT2D eigenvalue weighted by Crippen LogP contribution is -1.89. The van der Waals surface area contributed by atoms with E-state index in [9.17, 15) is 5.11 Å². The van der Waals surface area contributed by atoms with Gasteiger partial charge >= 0.3 is 0 Å². The smallest absolute Gasteiger partial charge is 0.0822 e. The minimum Gasteiger partial charge on any atom is -0.237 e. The minimum absolute atomic E-state index is 0.0464. The highest BCUT2D eigenvalue weighted by atomic mass is 16.2. The third-order valence-electron chi connectivity index (χ3n) is 2.72. The van der Waals surface area contributed by atoms with Gasteiger partial charge in [-0.1, -0.05) is 42.5 Å². The second-order valence-corrected chi connectivity index (χ2v) is 3.80. The largest absolute Gasteiger partial charge is 0.237 e. The summed E-state index contributed by atoms with van der Waals surface area (Å²) in [6.45, 7) is 0.0464. The molecular formula is C14H15O. The predicted octanol–water partition coefficient (Wildman–Crippen LogP) is 3.59. The number of benzene rings is 2. The van der Waals surface area contributed by atoms with E-state index in [1.165, 1.54) is 16.3 Å². The van der Waals surface area contributed by atoms with E-state index in [2.05, 4.69) is 42.5 Å². The number of fused-ring (bicyclic) bond motifs is 1. The van der Waals surface area contributed by atoms with Gasteiger partial charge in [0.15, 0.2) is 0 Å². The van der Waals surface area contributed by atoms with E-state index in [1.807, 2.05) is 0 Å². The molecule has 15 heavy (non-hydrogen) atoms. The van der Waals surface area contributed by atoms with Crippen LogP contribution in [0.15, 0.2) is 42.5 Å². The fourth-order valence-corrected chi connectivity index (χ4v) is 1.93. The van der Waals surface area contributed by atoms with Crippen molar-refractivity contribution >= 4 is 10.8 Å². The summed E-state index contributed by atoms with van der Waals surface area (Å²) in [5.41, 5.74) is 1.36. The van der Waals surface area contributed by atoms with Crippen molar-refractivity contribution in [2.24, 2.45) is 0 Å². The van der Waals surface area contributed by atoms with Crippen LogP contribution in [-0.4, -0.2) is 6.61 Å². The fraction of sp³-hybridized carbons (Fsp3) is 0.286. The molecular weight excluding hydrogens is 184 g/mol. The summed E-state index contributed by atoms with van der Waals surface area (Å²) in [7, 11) is 0. The van der Waals surface area contributed by atoms with Crippen LogP contribution in [-0.2, 0) is 11.5 Å². The van der Waals surface area contributed by atoms with Gasteiger partial charge in [-0.05, 0) is 35.6 Å². The van der Waals surface area contributed by atoms with Crippen molar-refractivity contribution < 1.29 is 5.11 Å². The standard InChI is InChI=1S/C14H15O/c15-11-4-3-7-13-9-5-8-12-6-1-2-10-14(12)13/h1-2,5-6,8-10H,3-4,7,11H2. The van der Waals surface area contributed by atoms with E-state index in [0.29, 0.717) is 0 Å². The van der Waals surface area contributed by atoms with Crippen LogP contribution in [0.1, 0.15) is 18.4 Å². The van der Waals surface area contributed by atoms with Gasteiger partial charge in [-0.15, -0.1) is 0 Å². The Bertz CT molecular complexity index is 429. The summed E-state index contributed by atoms with van der Waals surface area (Å²) >= 11 is 0. The highest BCUT2D eigenvalue weighted by Crippen LogP contribution is 2.19. The number of unbranched alkanes of at least 4 members (excludes halogenated alkanes) is 1. The van der Waals surface area contributed by atoms with Gasteiger partial charge in [-0.2, -0.15) is 0 Å². The van der Waals surface area contributed by atoms with Crippen molar-refractivity contribution in [3.05, 3.63) is 48.0 Å². The maximum absolute atomic E-state index is 10.4. The summed E-state index contributed by atoms with van der Waals surface area (Å²) < 4.78 is 0. The second kappa shape index (κ2) is 4.94. The zero-order valence-electron chi connectivity index (χ0n) is 8.78. The Kier molecular flexibility index (Phi) is 3.36. The van der Waals surface area contributed by atoms with Crippen LogP contribution in [0.25, 0.3) is 10.8 Å². The quantitative estimate of drug-likeness (QED) is 0.670. The topological polar surface area (TPSA) is 19.9 Å². The molecule has 2 rings (SSSR count). The van der Waals surface area contributed by atoms with Gasteiger partial charge in [0.2, 0.25) is 0 Å². The molecule has 0 saturated heterocycles. The molecule has 0 aliphatic heterocycles.